The fraction of sp³-hybridized carbons (Fsp3) is 0.300. The number of carbonyl (C=O) groups is 3. The van der Waals surface area contributed by atoms with Crippen LogP contribution in [0.1, 0.15) is 49.9 Å². The van der Waals surface area contributed by atoms with Crippen LogP contribution >= 0.6 is 0 Å². The van der Waals surface area contributed by atoms with Gasteiger partial charge in [0.1, 0.15) is 0 Å². The zero-order valence-electron chi connectivity index (χ0n) is 23.0. The van der Waals surface area contributed by atoms with Gasteiger partial charge >= 0.3 is 24.4 Å². The number of carbonyl (C=O) groups excluding carboxylic acids is 2. The topological polar surface area (TPSA) is 137 Å². The molecule has 2 amide bonds. The van der Waals surface area contributed by atoms with Gasteiger partial charge in [-0.15, -0.1) is 0 Å². The molecule has 3 rings (SSSR count). The largest absolute Gasteiger partial charge is 0.503 e. The molecule has 1 atom stereocenters. The summed E-state index contributed by atoms with van der Waals surface area (Å²) < 4.78 is 10.00. The van der Waals surface area contributed by atoms with Crippen LogP contribution < -0.4 is 0 Å². The molecule has 1 heterocycles. The molecule has 10 heteroatoms. The molecule has 0 saturated heterocycles. The first-order valence-corrected chi connectivity index (χ1v) is 12.5. The maximum Gasteiger partial charge on any atom is 0.414 e. The van der Waals surface area contributed by atoms with Gasteiger partial charge in [0.15, 0.2) is 0 Å². The summed E-state index contributed by atoms with van der Waals surface area (Å²) in [6.07, 6.45) is -0.679. The van der Waals surface area contributed by atoms with Crippen molar-refractivity contribution in [3.05, 3.63) is 95.5 Å². The normalized spacial score (nSPS) is 15.3. The van der Waals surface area contributed by atoms with Crippen LogP contribution in [0.15, 0.2) is 73.2 Å². The lowest BCUT2D eigenvalue weighted by Crippen LogP contribution is -2.53. The summed E-state index contributed by atoms with van der Waals surface area (Å²) in [5.74, 6) is -3.21. The van der Waals surface area contributed by atoms with E-state index >= 15 is 0 Å². The Labute approximate surface area is 233 Å². The highest BCUT2D eigenvalue weighted by Gasteiger charge is 2.42. The molecule has 0 aromatic heterocycles. The van der Waals surface area contributed by atoms with E-state index in [9.17, 15) is 29.7 Å². The van der Waals surface area contributed by atoms with Crippen LogP contribution in [0, 0.1) is 0 Å². The Kier molecular flexibility index (Phi) is 8.62. The second kappa shape index (κ2) is 11.6. The fourth-order valence-corrected chi connectivity index (χ4v) is 4.44. The number of nitrogens with zero attached hydrogens (tertiary/aromatic N) is 2. The summed E-state index contributed by atoms with van der Waals surface area (Å²) in [7, 11) is 0. The van der Waals surface area contributed by atoms with Crippen LogP contribution in [0.2, 0.25) is 0 Å². The summed E-state index contributed by atoms with van der Waals surface area (Å²) >= 11 is 0. The van der Waals surface area contributed by atoms with Crippen molar-refractivity contribution in [2.75, 3.05) is 13.1 Å². The first kappa shape index (κ1) is 29.8. The van der Waals surface area contributed by atoms with Gasteiger partial charge in [0.2, 0.25) is 11.5 Å². The van der Waals surface area contributed by atoms with Gasteiger partial charge < -0.3 is 24.8 Å². The minimum atomic E-state index is -1.84. The second-order valence-corrected chi connectivity index (χ2v) is 10.2. The number of rotatable bonds is 10. The Balaban J connectivity index is 1.94. The van der Waals surface area contributed by atoms with Crippen LogP contribution in [0.25, 0.3) is 12.2 Å². The molecule has 1 aliphatic rings. The highest BCUT2D eigenvalue weighted by Crippen LogP contribution is 2.33. The fourth-order valence-electron chi connectivity index (χ4n) is 4.44. The second-order valence-electron chi connectivity index (χ2n) is 10.2. The summed E-state index contributed by atoms with van der Waals surface area (Å²) in [4.78, 5) is 40.0. The molecule has 212 valence electrons. The molecule has 0 saturated carbocycles. The molecule has 1 aliphatic heterocycles. The number of aliphatic hydroxyl groups is 2. The first-order chi connectivity index (χ1) is 18.7. The van der Waals surface area contributed by atoms with Gasteiger partial charge in [-0.1, -0.05) is 73.8 Å². The van der Waals surface area contributed by atoms with Gasteiger partial charge in [-0.3, -0.25) is 9.80 Å². The molecule has 3 N–H and O–H groups in total. The third-order valence-electron chi connectivity index (χ3n) is 7.13. The number of cyclic esters (lactones) is 1. The lowest BCUT2D eigenvalue weighted by Gasteiger charge is -2.42. The van der Waals surface area contributed by atoms with Crippen LogP contribution in [-0.2, 0) is 25.3 Å². The van der Waals surface area contributed by atoms with Gasteiger partial charge in [0.25, 0.3) is 0 Å². The van der Waals surface area contributed by atoms with E-state index in [4.69, 9.17) is 9.47 Å². The SMILES string of the molecule is C=Cc1ccc(C(C)(C)N(CCN(C(=O)OC2OC(=O)C(O)=C2O)C(C)(C)c2ccc(C=C)cc2)C(=O)O)cc1. The quantitative estimate of drug-likeness (QED) is 0.317. The summed E-state index contributed by atoms with van der Waals surface area (Å²) in [6, 6.07) is 14.5. The van der Waals surface area contributed by atoms with Crippen molar-refractivity contribution in [3.8, 4) is 0 Å². The van der Waals surface area contributed by atoms with E-state index in [2.05, 4.69) is 13.2 Å². The summed E-state index contributed by atoms with van der Waals surface area (Å²) in [6.45, 7) is 14.2. The first-order valence-electron chi connectivity index (χ1n) is 12.5. The number of esters is 1. The molecule has 1 unspecified atom stereocenters. The third-order valence-corrected chi connectivity index (χ3v) is 7.13. The van der Waals surface area contributed by atoms with Crippen molar-refractivity contribution in [2.45, 2.75) is 45.1 Å². The van der Waals surface area contributed by atoms with Crippen molar-refractivity contribution in [1.29, 1.82) is 0 Å². The minimum Gasteiger partial charge on any atom is -0.503 e. The zero-order chi connectivity index (χ0) is 29.8. The number of hydrogen-bond acceptors (Lipinski definition) is 7. The predicted molar refractivity (Wildman–Crippen MR) is 149 cm³/mol. The summed E-state index contributed by atoms with van der Waals surface area (Å²) in [5.41, 5.74) is 1.14. The van der Waals surface area contributed by atoms with Crippen LogP contribution in [0.5, 0.6) is 0 Å². The third kappa shape index (κ3) is 5.96. The maximum absolute atomic E-state index is 13.5. The molecular weight excluding hydrogens is 516 g/mol. The Morgan fingerprint density at radius 3 is 1.68 bits per heavy atom. The number of carboxylic acid groups (broad SMARTS) is 1. The molecule has 0 fully saturated rings. The smallest absolute Gasteiger partial charge is 0.414 e. The molecule has 40 heavy (non-hydrogen) atoms. The van der Waals surface area contributed by atoms with Gasteiger partial charge in [0, 0.05) is 13.1 Å². The Bertz CT molecular complexity index is 1330. The number of ether oxygens (including phenoxy) is 2. The van der Waals surface area contributed by atoms with E-state index in [1.54, 1.807) is 52.0 Å². The lowest BCUT2D eigenvalue weighted by atomic mass is 9.90. The Hall–Kier alpha value is -4.73. The maximum atomic E-state index is 13.5. The van der Waals surface area contributed by atoms with E-state index in [1.807, 2.05) is 36.4 Å². The Morgan fingerprint density at radius 2 is 1.30 bits per heavy atom. The van der Waals surface area contributed by atoms with Crippen molar-refractivity contribution >= 4 is 30.3 Å². The number of aliphatic hydroxyl groups excluding tert-OH is 2. The molecule has 0 spiro atoms. The number of amides is 2. The van der Waals surface area contributed by atoms with Crippen molar-refractivity contribution in [3.63, 3.8) is 0 Å². The molecule has 2 aromatic carbocycles. The Morgan fingerprint density at radius 1 is 0.875 bits per heavy atom. The van der Waals surface area contributed by atoms with Crippen LogP contribution in [0.3, 0.4) is 0 Å². The summed E-state index contributed by atoms with van der Waals surface area (Å²) in [5, 5.41) is 29.8. The van der Waals surface area contributed by atoms with Gasteiger partial charge in [0.05, 0.1) is 11.1 Å². The number of benzene rings is 2. The van der Waals surface area contributed by atoms with Crippen molar-refractivity contribution in [1.82, 2.24) is 9.80 Å². The van der Waals surface area contributed by atoms with Crippen LogP contribution in [-0.4, -0.2) is 62.7 Å². The van der Waals surface area contributed by atoms with E-state index in [-0.39, 0.29) is 13.1 Å². The average Bonchev–Trinajstić information content (AvgIpc) is 3.16. The molecule has 10 nitrogen and oxygen atoms in total. The monoisotopic (exact) mass is 550 g/mol. The minimum absolute atomic E-state index is 0.119. The van der Waals surface area contributed by atoms with Gasteiger partial charge in [-0.05, 0) is 49.9 Å². The highest BCUT2D eigenvalue weighted by atomic mass is 16.7. The highest BCUT2D eigenvalue weighted by molar-refractivity contribution is 5.89. The molecule has 0 aliphatic carbocycles. The van der Waals surface area contributed by atoms with E-state index in [0.717, 1.165) is 16.7 Å². The standard InChI is InChI=1S/C30H34N2O8/c1-7-19-9-13-21(14-10-19)29(3,4)31(27(36)37)17-18-32(28(38)40-26-24(34)23(33)25(35)39-26)30(5,6)22-15-11-20(8-2)12-16-22/h7-16,26,33-34H,1-2,17-18H2,3-6H3,(H,36,37). The predicted octanol–water partition coefficient (Wildman–Crippen LogP) is 5.77. The average molecular weight is 551 g/mol. The molecule has 2 aromatic rings. The van der Waals surface area contributed by atoms with E-state index < -0.39 is 47.0 Å². The zero-order valence-corrected chi connectivity index (χ0v) is 23.0. The number of hydrogen-bond donors (Lipinski definition) is 3. The van der Waals surface area contributed by atoms with Gasteiger partial charge in [-0.2, -0.15) is 0 Å². The van der Waals surface area contributed by atoms with E-state index in [0.29, 0.717) is 5.56 Å². The molecule has 0 radical (unpaired) electrons. The van der Waals surface area contributed by atoms with Gasteiger partial charge in [-0.25, -0.2) is 14.4 Å². The molecule has 0 bridgehead atoms. The van der Waals surface area contributed by atoms with Crippen molar-refractivity contribution in [2.24, 2.45) is 0 Å². The van der Waals surface area contributed by atoms with Crippen LogP contribution in [0.4, 0.5) is 9.59 Å². The van der Waals surface area contributed by atoms with E-state index in [1.165, 1.54) is 9.80 Å². The lowest BCUT2D eigenvalue weighted by molar-refractivity contribution is -0.157. The van der Waals surface area contributed by atoms with Crippen molar-refractivity contribution < 1.29 is 39.2 Å². The molecular formula is C30H34N2O8.